The SMILES string of the molecule is CCOC(=O)c1cc(C)n(CC(=O)NCc2ccc(OC(C)C)cc2)c1C. The minimum Gasteiger partial charge on any atom is -0.491 e. The molecule has 0 saturated heterocycles. The molecule has 0 unspecified atom stereocenters. The highest BCUT2D eigenvalue weighted by Crippen LogP contribution is 2.16. The minimum absolute atomic E-state index is 0.116. The molecule has 0 aliphatic heterocycles. The number of ether oxygens (including phenoxy) is 2. The molecule has 0 saturated carbocycles. The summed E-state index contributed by atoms with van der Waals surface area (Å²) in [5, 5.41) is 2.91. The fraction of sp³-hybridized carbons (Fsp3) is 0.429. The first kappa shape index (κ1) is 20.6. The summed E-state index contributed by atoms with van der Waals surface area (Å²) in [5.74, 6) is 0.334. The molecule has 27 heavy (non-hydrogen) atoms. The van der Waals surface area contributed by atoms with Crippen molar-refractivity contribution in [2.45, 2.75) is 53.8 Å². The Morgan fingerprint density at radius 1 is 1.15 bits per heavy atom. The van der Waals surface area contributed by atoms with E-state index in [0.29, 0.717) is 18.7 Å². The molecule has 0 aliphatic carbocycles. The predicted molar refractivity (Wildman–Crippen MR) is 104 cm³/mol. The van der Waals surface area contributed by atoms with Gasteiger partial charge in [0.1, 0.15) is 12.3 Å². The van der Waals surface area contributed by atoms with Crippen LogP contribution in [0.4, 0.5) is 0 Å². The summed E-state index contributed by atoms with van der Waals surface area (Å²) < 4.78 is 12.5. The van der Waals surface area contributed by atoms with Crippen molar-refractivity contribution < 1.29 is 19.1 Å². The van der Waals surface area contributed by atoms with Crippen molar-refractivity contribution in [1.29, 1.82) is 0 Å². The summed E-state index contributed by atoms with van der Waals surface area (Å²) >= 11 is 0. The van der Waals surface area contributed by atoms with Crippen LogP contribution in [0.3, 0.4) is 0 Å². The average molecular weight is 372 g/mol. The number of carbonyl (C=O) groups excluding carboxylic acids is 2. The number of benzene rings is 1. The van der Waals surface area contributed by atoms with Gasteiger partial charge in [-0.05, 0) is 58.4 Å². The van der Waals surface area contributed by atoms with Crippen molar-refractivity contribution in [2.24, 2.45) is 0 Å². The Hall–Kier alpha value is -2.76. The lowest BCUT2D eigenvalue weighted by Gasteiger charge is -2.12. The first-order valence-electron chi connectivity index (χ1n) is 9.18. The van der Waals surface area contributed by atoms with Crippen LogP contribution in [0.5, 0.6) is 5.75 Å². The maximum absolute atomic E-state index is 12.3. The van der Waals surface area contributed by atoms with Crippen LogP contribution in [0.15, 0.2) is 30.3 Å². The van der Waals surface area contributed by atoms with Gasteiger partial charge in [0.05, 0.1) is 18.3 Å². The predicted octanol–water partition coefficient (Wildman–Crippen LogP) is 3.39. The fourth-order valence-electron chi connectivity index (χ4n) is 2.82. The van der Waals surface area contributed by atoms with Crippen LogP contribution in [0.2, 0.25) is 0 Å². The maximum Gasteiger partial charge on any atom is 0.339 e. The largest absolute Gasteiger partial charge is 0.491 e. The molecule has 0 atom stereocenters. The summed E-state index contributed by atoms with van der Waals surface area (Å²) in [6.07, 6.45) is 0.128. The van der Waals surface area contributed by atoms with Crippen molar-refractivity contribution in [3.63, 3.8) is 0 Å². The Kier molecular flexibility index (Phi) is 7.05. The van der Waals surface area contributed by atoms with E-state index in [1.165, 1.54) is 0 Å². The van der Waals surface area contributed by atoms with E-state index >= 15 is 0 Å². The molecule has 1 amide bonds. The molecule has 6 nitrogen and oxygen atoms in total. The van der Waals surface area contributed by atoms with E-state index in [0.717, 1.165) is 22.7 Å². The molecule has 0 bridgehead atoms. The summed E-state index contributed by atoms with van der Waals surface area (Å²) in [4.78, 5) is 24.3. The summed E-state index contributed by atoms with van der Waals surface area (Å²) in [6.45, 7) is 10.3. The molecule has 1 N–H and O–H groups in total. The number of carbonyl (C=O) groups is 2. The van der Waals surface area contributed by atoms with Crippen LogP contribution < -0.4 is 10.1 Å². The number of nitrogens with one attached hydrogen (secondary N) is 1. The molecule has 2 rings (SSSR count). The van der Waals surface area contributed by atoms with E-state index in [9.17, 15) is 9.59 Å². The highest BCUT2D eigenvalue weighted by atomic mass is 16.5. The number of nitrogens with zero attached hydrogens (tertiary/aromatic N) is 1. The van der Waals surface area contributed by atoms with Gasteiger partial charge in [0.25, 0.3) is 0 Å². The van der Waals surface area contributed by atoms with Gasteiger partial charge in [-0.15, -0.1) is 0 Å². The first-order valence-corrected chi connectivity index (χ1v) is 9.18. The molecule has 0 fully saturated rings. The smallest absolute Gasteiger partial charge is 0.339 e. The highest BCUT2D eigenvalue weighted by molar-refractivity contribution is 5.91. The van der Waals surface area contributed by atoms with Gasteiger partial charge >= 0.3 is 5.97 Å². The number of aromatic nitrogens is 1. The fourth-order valence-corrected chi connectivity index (χ4v) is 2.82. The monoisotopic (exact) mass is 372 g/mol. The summed E-state index contributed by atoms with van der Waals surface area (Å²) in [5.41, 5.74) is 3.08. The molecular weight excluding hydrogens is 344 g/mol. The minimum atomic E-state index is -0.360. The number of hydrogen-bond acceptors (Lipinski definition) is 4. The van der Waals surface area contributed by atoms with Crippen molar-refractivity contribution >= 4 is 11.9 Å². The van der Waals surface area contributed by atoms with E-state index in [1.807, 2.05) is 56.5 Å². The number of rotatable bonds is 8. The van der Waals surface area contributed by atoms with E-state index in [1.54, 1.807) is 13.0 Å². The van der Waals surface area contributed by atoms with Crippen LogP contribution in [-0.4, -0.2) is 29.2 Å². The van der Waals surface area contributed by atoms with Crippen LogP contribution in [0.1, 0.15) is 48.1 Å². The van der Waals surface area contributed by atoms with Crippen LogP contribution in [0, 0.1) is 13.8 Å². The molecule has 1 aromatic heterocycles. The maximum atomic E-state index is 12.3. The molecule has 0 aliphatic rings. The summed E-state index contributed by atoms with van der Waals surface area (Å²) in [6, 6.07) is 9.42. The van der Waals surface area contributed by atoms with E-state index in [2.05, 4.69) is 5.32 Å². The third-order valence-electron chi connectivity index (χ3n) is 4.16. The quantitative estimate of drug-likeness (QED) is 0.721. The standard InChI is InChI=1S/C21H28N2O4/c1-6-26-21(25)19-11-15(4)23(16(19)5)13-20(24)22-12-17-7-9-18(10-8-17)27-14(2)3/h7-11,14H,6,12-13H2,1-5H3,(H,22,24). The Morgan fingerprint density at radius 2 is 1.81 bits per heavy atom. The van der Waals surface area contributed by atoms with Crippen LogP contribution in [-0.2, 0) is 22.6 Å². The molecule has 6 heteroatoms. The molecule has 0 spiro atoms. The molecule has 1 heterocycles. The number of aryl methyl sites for hydroxylation is 1. The lowest BCUT2D eigenvalue weighted by molar-refractivity contribution is -0.121. The Balaban J connectivity index is 1.95. The van der Waals surface area contributed by atoms with Gasteiger partial charge in [-0.25, -0.2) is 4.79 Å². The van der Waals surface area contributed by atoms with Gasteiger partial charge in [0.2, 0.25) is 5.91 Å². The normalized spacial score (nSPS) is 10.7. The molecule has 2 aromatic rings. The van der Waals surface area contributed by atoms with Gasteiger partial charge in [0, 0.05) is 17.9 Å². The molecule has 0 radical (unpaired) electrons. The van der Waals surface area contributed by atoms with E-state index in [-0.39, 0.29) is 24.5 Å². The third kappa shape index (κ3) is 5.61. The van der Waals surface area contributed by atoms with Crippen molar-refractivity contribution in [3.8, 4) is 5.75 Å². The second-order valence-corrected chi connectivity index (χ2v) is 6.68. The molecular formula is C21H28N2O4. The highest BCUT2D eigenvalue weighted by Gasteiger charge is 2.18. The zero-order chi connectivity index (χ0) is 20.0. The second-order valence-electron chi connectivity index (χ2n) is 6.68. The van der Waals surface area contributed by atoms with Crippen molar-refractivity contribution in [2.75, 3.05) is 6.61 Å². The first-order chi connectivity index (χ1) is 12.8. The second kappa shape index (κ2) is 9.26. The zero-order valence-corrected chi connectivity index (χ0v) is 16.7. The molecule has 1 aromatic carbocycles. The Labute approximate surface area is 160 Å². The summed E-state index contributed by atoms with van der Waals surface area (Å²) in [7, 11) is 0. The van der Waals surface area contributed by atoms with Crippen LogP contribution >= 0.6 is 0 Å². The van der Waals surface area contributed by atoms with Gasteiger partial charge in [-0.2, -0.15) is 0 Å². The van der Waals surface area contributed by atoms with Gasteiger partial charge in [0.15, 0.2) is 0 Å². The topological polar surface area (TPSA) is 69.6 Å². The third-order valence-corrected chi connectivity index (χ3v) is 4.16. The van der Waals surface area contributed by atoms with Gasteiger partial charge in [-0.1, -0.05) is 12.1 Å². The lowest BCUT2D eigenvalue weighted by Crippen LogP contribution is -2.28. The molecule has 146 valence electrons. The number of esters is 1. The van der Waals surface area contributed by atoms with E-state index in [4.69, 9.17) is 9.47 Å². The Morgan fingerprint density at radius 3 is 2.41 bits per heavy atom. The zero-order valence-electron chi connectivity index (χ0n) is 16.7. The Bertz CT molecular complexity index is 791. The van der Waals surface area contributed by atoms with Crippen molar-refractivity contribution in [1.82, 2.24) is 9.88 Å². The number of hydrogen-bond donors (Lipinski definition) is 1. The van der Waals surface area contributed by atoms with Gasteiger partial charge in [-0.3, -0.25) is 4.79 Å². The van der Waals surface area contributed by atoms with Crippen LogP contribution in [0.25, 0.3) is 0 Å². The average Bonchev–Trinajstić information content (AvgIpc) is 2.89. The number of amides is 1. The van der Waals surface area contributed by atoms with E-state index < -0.39 is 0 Å². The lowest BCUT2D eigenvalue weighted by atomic mass is 10.2. The van der Waals surface area contributed by atoms with Crippen molar-refractivity contribution in [3.05, 3.63) is 52.8 Å². The van der Waals surface area contributed by atoms with Gasteiger partial charge < -0.3 is 19.4 Å².